The highest BCUT2D eigenvalue weighted by Gasteiger charge is 2.28. The molecule has 1 aliphatic rings. The van der Waals surface area contributed by atoms with Gasteiger partial charge in [0.05, 0.1) is 20.1 Å². The lowest BCUT2D eigenvalue weighted by molar-refractivity contribution is -0.143. The lowest BCUT2D eigenvalue weighted by atomic mass is 9.99. The van der Waals surface area contributed by atoms with Gasteiger partial charge in [0, 0.05) is 37.0 Å². The molecule has 2 rings (SSSR count). The van der Waals surface area contributed by atoms with Gasteiger partial charge in [-0.15, -0.1) is 0 Å². The summed E-state index contributed by atoms with van der Waals surface area (Å²) in [5.41, 5.74) is 0.540. The van der Waals surface area contributed by atoms with Crippen molar-refractivity contribution in [3.05, 3.63) is 18.2 Å². The van der Waals surface area contributed by atoms with E-state index in [1.807, 2.05) is 0 Å². The number of carboxylic acids is 1. The second-order valence-corrected chi connectivity index (χ2v) is 5.15. The fourth-order valence-electron chi connectivity index (χ4n) is 2.45. The van der Waals surface area contributed by atoms with E-state index in [0.29, 0.717) is 36.6 Å². The SMILES string of the molecule is COc1cc(NC(=O)N2CCCC(C(=O)O)C2)cc(OC)c1. The molecular weight excluding hydrogens is 288 g/mol. The number of nitrogens with zero attached hydrogens (tertiary/aromatic N) is 1. The number of nitrogens with one attached hydrogen (secondary N) is 1. The topological polar surface area (TPSA) is 88.1 Å². The molecule has 2 amide bonds. The van der Waals surface area contributed by atoms with E-state index < -0.39 is 11.9 Å². The monoisotopic (exact) mass is 308 g/mol. The largest absolute Gasteiger partial charge is 0.497 e. The van der Waals surface area contributed by atoms with Gasteiger partial charge in [0.15, 0.2) is 0 Å². The number of ether oxygens (including phenoxy) is 2. The summed E-state index contributed by atoms with van der Waals surface area (Å²) in [5.74, 6) is -0.228. The molecule has 1 aromatic rings. The number of piperidine rings is 1. The van der Waals surface area contributed by atoms with Crippen molar-refractivity contribution in [3.63, 3.8) is 0 Å². The van der Waals surface area contributed by atoms with Gasteiger partial charge in [-0.25, -0.2) is 4.79 Å². The molecule has 0 aliphatic carbocycles. The lowest BCUT2D eigenvalue weighted by Crippen LogP contribution is -2.44. The third kappa shape index (κ3) is 3.81. The average Bonchev–Trinajstić information content (AvgIpc) is 2.54. The first-order chi connectivity index (χ1) is 10.5. The van der Waals surface area contributed by atoms with Crippen LogP contribution >= 0.6 is 0 Å². The Balaban J connectivity index is 2.06. The van der Waals surface area contributed by atoms with Crippen LogP contribution in [-0.2, 0) is 4.79 Å². The number of carbonyl (C=O) groups is 2. The van der Waals surface area contributed by atoms with Gasteiger partial charge in [-0.1, -0.05) is 0 Å². The van der Waals surface area contributed by atoms with Crippen molar-refractivity contribution in [3.8, 4) is 11.5 Å². The van der Waals surface area contributed by atoms with Crippen LogP contribution in [0.2, 0.25) is 0 Å². The summed E-state index contributed by atoms with van der Waals surface area (Å²) in [4.78, 5) is 24.9. The summed E-state index contributed by atoms with van der Waals surface area (Å²) in [7, 11) is 3.06. The van der Waals surface area contributed by atoms with Gasteiger partial charge in [-0.2, -0.15) is 0 Å². The predicted octanol–water partition coefficient (Wildman–Crippen LogP) is 2.03. The van der Waals surface area contributed by atoms with Crippen LogP contribution in [0.15, 0.2) is 18.2 Å². The van der Waals surface area contributed by atoms with Crippen molar-refractivity contribution >= 4 is 17.7 Å². The van der Waals surface area contributed by atoms with Gasteiger partial charge >= 0.3 is 12.0 Å². The maximum Gasteiger partial charge on any atom is 0.321 e. The summed E-state index contributed by atoms with van der Waals surface area (Å²) in [5, 5.41) is 11.8. The summed E-state index contributed by atoms with van der Waals surface area (Å²) in [6, 6.07) is 4.75. The first-order valence-electron chi connectivity index (χ1n) is 7.05. The summed E-state index contributed by atoms with van der Waals surface area (Å²) in [6.07, 6.45) is 1.29. The molecule has 0 bridgehead atoms. The molecule has 0 saturated carbocycles. The number of hydrogen-bond acceptors (Lipinski definition) is 4. The Labute approximate surface area is 128 Å². The number of carboxylic acid groups (broad SMARTS) is 1. The number of rotatable bonds is 4. The van der Waals surface area contributed by atoms with Gasteiger partial charge in [-0.05, 0) is 12.8 Å². The molecule has 1 unspecified atom stereocenters. The van der Waals surface area contributed by atoms with Gasteiger partial charge < -0.3 is 24.8 Å². The molecule has 120 valence electrons. The van der Waals surface area contributed by atoms with Crippen LogP contribution in [0.3, 0.4) is 0 Å². The number of hydrogen-bond donors (Lipinski definition) is 2. The molecular formula is C15H20N2O5. The average molecular weight is 308 g/mol. The van der Waals surface area contributed by atoms with E-state index in [2.05, 4.69) is 5.32 Å². The highest BCUT2D eigenvalue weighted by atomic mass is 16.5. The number of anilines is 1. The number of urea groups is 1. The zero-order chi connectivity index (χ0) is 16.1. The Bertz CT molecular complexity index is 539. The number of aliphatic carboxylic acids is 1. The lowest BCUT2D eigenvalue weighted by Gasteiger charge is -2.30. The molecule has 0 spiro atoms. The highest BCUT2D eigenvalue weighted by Crippen LogP contribution is 2.26. The number of carbonyl (C=O) groups excluding carboxylic acids is 1. The van der Waals surface area contributed by atoms with E-state index in [0.717, 1.165) is 0 Å². The standard InChI is InChI=1S/C15H20N2O5/c1-21-12-6-11(7-13(8-12)22-2)16-15(20)17-5-3-4-10(9-17)14(18)19/h6-8,10H,3-5,9H2,1-2H3,(H,16,20)(H,18,19). The van der Waals surface area contributed by atoms with Crippen LogP contribution in [0.1, 0.15) is 12.8 Å². The molecule has 0 radical (unpaired) electrons. The van der Waals surface area contributed by atoms with E-state index >= 15 is 0 Å². The quantitative estimate of drug-likeness (QED) is 0.888. The van der Waals surface area contributed by atoms with Crippen molar-refractivity contribution in [1.29, 1.82) is 0 Å². The van der Waals surface area contributed by atoms with Crippen LogP contribution in [0.5, 0.6) is 11.5 Å². The number of amides is 2. The van der Waals surface area contributed by atoms with Gasteiger partial charge in [-0.3, -0.25) is 4.79 Å². The van der Waals surface area contributed by atoms with Gasteiger partial charge in [0.2, 0.25) is 0 Å². The number of benzene rings is 1. The Hall–Kier alpha value is -2.44. The Morgan fingerprint density at radius 2 is 1.86 bits per heavy atom. The normalized spacial score (nSPS) is 17.7. The van der Waals surface area contributed by atoms with Gasteiger partial charge in [0.25, 0.3) is 0 Å². The molecule has 22 heavy (non-hydrogen) atoms. The van der Waals surface area contributed by atoms with E-state index in [1.165, 1.54) is 19.1 Å². The summed E-state index contributed by atoms with van der Waals surface area (Å²) in [6.45, 7) is 0.777. The second kappa shape index (κ2) is 7.02. The van der Waals surface area contributed by atoms with Crippen molar-refractivity contribution in [2.24, 2.45) is 5.92 Å². The fraction of sp³-hybridized carbons (Fsp3) is 0.467. The molecule has 1 fully saturated rings. The van der Waals surface area contributed by atoms with Crippen LogP contribution in [0.25, 0.3) is 0 Å². The maximum absolute atomic E-state index is 12.3. The Morgan fingerprint density at radius 1 is 1.23 bits per heavy atom. The van der Waals surface area contributed by atoms with E-state index in [9.17, 15) is 9.59 Å². The van der Waals surface area contributed by atoms with Crippen molar-refractivity contribution in [2.45, 2.75) is 12.8 Å². The molecule has 1 aliphatic heterocycles. The number of likely N-dealkylation sites (tertiary alicyclic amines) is 1. The summed E-state index contributed by atoms with van der Waals surface area (Å²) >= 11 is 0. The van der Waals surface area contributed by atoms with Crippen LogP contribution < -0.4 is 14.8 Å². The van der Waals surface area contributed by atoms with Crippen LogP contribution in [0.4, 0.5) is 10.5 Å². The zero-order valence-corrected chi connectivity index (χ0v) is 12.7. The Morgan fingerprint density at radius 3 is 2.41 bits per heavy atom. The third-order valence-electron chi connectivity index (χ3n) is 3.66. The minimum atomic E-state index is -0.861. The molecule has 1 aromatic carbocycles. The molecule has 1 heterocycles. The minimum absolute atomic E-state index is 0.224. The molecule has 2 N–H and O–H groups in total. The molecule has 0 aromatic heterocycles. The maximum atomic E-state index is 12.3. The zero-order valence-electron chi connectivity index (χ0n) is 12.7. The number of methoxy groups -OCH3 is 2. The Kier molecular flexibility index (Phi) is 5.08. The molecule has 7 heteroatoms. The second-order valence-electron chi connectivity index (χ2n) is 5.15. The fourth-order valence-corrected chi connectivity index (χ4v) is 2.45. The summed E-state index contributed by atoms with van der Waals surface area (Å²) < 4.78 is 10.3. The van der Waals surface area contributed by atoms with Crippen LogP contribution in [-0.4, -0.2) is 49.3 Å². The highest BCUT2D eigenvalue weighted by molar-refractivity contribution is 5.90. The minimum Gasteiger partial charge on any atom is -0.497 e. The molecule has 1 saturated heterocycles. The third-order valence-corrected chi connectivity index (χ3v) is 3.66. The predicted molar refractivity (Wildman–Crippen MR) is 80.5 cm³/mol. The van der Waals surface area contributed by atoms with Crippen molar-refractivity contribution in [1.82, 2.24) is 4.90 Å². The van der Waals surface area contributed by atoms with E-state index in [4.69, 9.17) is 14.6 Å². The molecule has 1 atom stereocenters. The van der Waals surface area contributed by atoms with Crippen molar-refractivity contribution in [2.75, 3.05) is 32.6 Å². The molecule has 7 nitrogen and oxygen atoms in total. The van der Waals surface area contributed by atoms with E-state index in [1.54, 1.807) is 18.2 Å². The van der Waals surface area contributed by atoms with Gasteiger partial charge in [0.1, 0.15) is 11.5 Å². The first-order valence-corrected chi connectivity index (χ1v) is 7.05. The van der Waals surface area contributed by atoms with E-state index in [-0.39, 0.29) is 12.6 Å². The smallest absolute Gasteiger partial charge is 0.321 e. The first kappa shape index (κ1) is 15.9. The van der Waals surface area contributed by atoms with Crippen LogP contribution in [0, 0.1) is 5.92 Å². The van der Waals surface area contributed by atoms with Crippen molar-refractivity contribution < 1.29 is 24.2 Å².